The minimum Gasteiger partial charge on any atom is -0.335 e. The Morgan fingerprint density at radius 3 is 2.73 bits per heavy atom. The van der Waals surface area contributed by atoms with Crippen LogP contribution in [0.2, 0.25) is 10.0 Å². The molecule has 3 rings (SSSR count). The zero-order chi connectivity index (χ0) is 18.5. The van der Waals surface area contributed by atoms with E-state index in [-0.39, 0.29) is 0 Å². The van der Waals surface area contributed by atoms with Gasteiger partial charge in [0, 0.05) is 17.1 Å². The minimum atomic E-state index is 0.425. The first-order valence-electron chi connectivity index (χ1n) is 8.25. The van der Waals surface area contributed by atoms with Crippen molar-refractivity contribution in [3.8, 4) is 0 Å². The lowest BCUT2D eigenvalue weighted by Crippen LogP contribution is -2.07. The van der Waals surface area contributed by atoms with Crippen LogP contribution in [-0.4, -0.2) is 27.7 Å². The number of halogens is 2. The van der Waals surface area contributed by atoms with E-state index < -0.39 is 0 Å². The summed E-state index contributed by atoms with van der Waals surface area (Å²) in [5.74, 6) is 0.468. The summed E-state index contributed by atoms with van der Waals surface area (Å²) in [4.78, 5) is 8.64. The van der Waals surface area contributed by atoms with Gasteiger partial charge in [-0.2, -0.15) is 5.10 Å². The van der Waals surface area contributed by atoms with E-state index in [4.69, 9.17) is 23.2 Å². The van der Waals surface area contributed by atoms with Crippen LogP contribution in [0, 0.1) is 0 Å². The van der Waals surface area contributed by atoms with E-state index in [1.165, 1.54) is 6.20 Å². The molecule has 0 bridgehead atoms. The number of hydrogen-bond donors (Lipinski definition) is 2. The topological polar surface area (TPSA) is 61.7 Å². The molecular weight excluding hydrogens is 389 g/mol. The van der Waals surface area contributed by atoms with E-state index in [2.05, 4.69) is 32.7 Å². The Morgan fingerprint density at radius 1 is 1.31 bits per heavy atom. The highest BCUT2D eigenvalue weighted by Crippen LogP contribution is 2.25. The van der Waals surface area contributed by atoms with Crippen molar-refractivity contribution >= 4 is 57.3 Å². The van der Waals surface area contributed by atoms with Gasteiger partial charge in [0.25, 0.3) is 0 Å². The number of amidine groups is 1. The summed E-state index contributed by atoms with van der Waals surface area (Å²) in [6.45, 7) is 5.00. The summed E-state index contributed by atoms with van der Waals surface area (Å²) in [6.07, 6.45) is 2.65. The zero-order valence-corrected chi connectivity index (χ0v) is 16.8. The number of rotatable bonds is 5. The highest BCUT2D eigenvalue weighted by atomic mass is 35.5. The average molecular weight is 408 g/mol. The lowest BCUT2D eigenvalue weighted by Gasteiger charge is -2.08. The molecule has 1 aromatic carbocycles. The van der Waals surface area contributed by atoms with Gasteiger partial charge in [-0.3, -0.25) is 10.4 Å². The van der Waals surface area contributed by atoms with Gasteiger partial charge in [-0.1, -0.05) is 54.0 Å². The van der Waals surface area contributed by atoms with Gasteiger partial charge in [-0.15, -0.1) is 0 Å². The average Bonchev–Trinajstić information content (AvgIpc) is 3.09. The Morgan fingerprint density at radius 2 is 2.08 bits per heavy atom. The molecule has 1 aliphatic rings. The molecule has 0 aliphatic carbocycles. The van der Waals surface area contributed by atoms with Crippen molar-refractivity contribution in [3.05, 3.63) is 52.1 Å². The van der Waals surface area contributed by atoms with Crippen molar-refractivity contribution in [2.45, 2.75) is 25.5 Å². The molecule has 8 heteroatoms. The molecule has 2 N–H and O–H groups in total. The number of aromatic nitrogens is 1. The molecule has 0 amide bonds. The number of hydrogen-bond acceptors (Lipinski definition) is 6. The Hall–Kier alpha value is -1.76. The quantitative estimate of drug-likeness (QED) is 0.505. The molecule has 0 fully saturated rings. The van der Waals surface area contributed by atoms with Crippen molar-refractivity contribution in [1.29, 1.82) is 0 Å². The number of anilines is 2. The summed E-state index contributed by atoms with van der Waals surface area (Å²) in [5, 5.41) is 10.2. The SMILES string of the molecule is CC[C@@H]1CN=C(Nc2ccc(/C(C)=N\Nc3ncc(Cl)cc3Cl)cc2)S1. The Balaban J connectivity index is 1.62. The van der Waals surface area contributed by atoms with Crippen molar-refractivity contribution in [1.82, 2.24) is 4.98 Å². The number of nitrogens with zero attached hydrogens (tertiary/aromatic N) is 3. The lowest BCUT2D eigenvalue weighted by atomic mass is 10.1. The van der Waals surface area contributed by atoms with Crippen LogP contribution in [0.3, 0.4) is 0 Å². The number of thioether (sulfide) groups is 1. The van der Waals surface area contributed by atoms with Gasteiger partial charge < -0.3 is 5.32 Å². The molecule has 1 aromatic heterocycles. The van der Waals surface area contributed by atoms with Crippen molar-refractivity contribution < 1.29 is 0 Å². The normalized spacial score (nSPS) is 17.2. The van der Waals surface area contributed by atoms with Gasteiger partial charge in [0.05, 0.1) is 22.3 Å². The second-order valence-electron chi connectivity index (χ2n) is 5.79. The standard InChI is InChI=1S/C18H19Cl2N5S/c1-3-15-10-22-18(26-15)23-14-6-4-12(5-7-14)11(2)24-25-17-16(20)8-13(19)9-21-17/h4-9,15H,3,10H2,1-2H3,(H,21,25)(H,22,23)/b24-11-/t15-/m1/s1. The van der Waals surface area contributed by atoms with Gasteiger partial charge in [-0.25, -0.2) is 4.98 Å². The van der Waals surface area contributed by atoms with E-state index >= 15 is 0 Å². The number of nitrogens with one attached hydrogen (secondary N) is 2. The molecule has 2 aromatic rings. The number of aliphatic imine (C=N–C) groups is 1. The third-order valence-corrected chi connectivity index (χ3v) is 5.63. The molecule has 0 radical (unpaired) electrons. The van der Waals surface area contributed by atoms with Crippen LogP contribution in [0.1, 0.15) is 25.8 Å². The second kappa shape index (κ2) is 8.75. The van der Waals surface area contributed by atoms with E-state index in [0.717, 1.165) is 35.1 Å². The Labute approximate surface area is 167 Å². The van der Waals surface area contributed by atoms with Crippen molar-refractivity contribution in [3.63, 3.8) is 0 Å². The molecule has 1 aliphatic heterocycles. The molecular formula is C18H19Cl2N5S. The summed E-state index contributed by atoms with van der Waals surface area (Å²) in [5.41, 5.74) is 5.71. The molecule has 136 valence electrons. The lowest BCUT2D eigenvalue weighted by molar-refractivity contribution is 0.843. The third-order valence-electron chi connectivity index (χ3n) is 3.86. The predicted molar refractivity (Wildman–Crippen MR) is 114 cm³/mol. The van der Waals surface area contributed by atoms with Crippen molar-refractivity contribution in [2.75, 3.05) is 17.3 Å². The molecule has 0 unspecified atom stereocenters. The molecule has 1 atom stereocenters. The largest absolute Gasteiger partial charge is 0.335 e. The first kappa shape index (κ1) is 19.0. The van der Waals surface area contributed by atoms with Crippen LogP contribution < -0.4 is 10.7 Å². The summed E-state index contributed by atoms with van der Waals surface area (Å²) < 4.78 is 0. The van der Waals surface area contributed by atoms with Crippen molar-refractivity contribution in [2.24, 2.45) is 10.1 Å². The van der Waals surface area contributed by atoms with Gasteiger partial charge in [0.1, 0.15) is 0 Å². The van der Waals surface area contributed by atoms with Crippen LogP contribution in [-0.2, 0) is 0 Å². The third kappa shape index (κ3) is 4.90. The van der Waals surface area contributed by atoms with Crippen LogP contribution in [0.5, 0.6) is 0 Å². The van der Waals surface area contributed by atoms with E-state index in [0.29, 0.717) is 21.1 Å². The Bertz CT molecular complexity index is 836. The fraction of sp³-hybridized carbons (Fsp3) is 0.278. The fourth-order valence-corrected chi connectivity index (χ4v) is 3.69. The molecule has 5 nitrogen and oxygen atoms in total. The zero-order valence-electron chi connectivity index (χ0n) is 14.5. The first-order valence-corrected chi connectivity index (χ1v) is 9.88. The monoisotopic (exact) mass is 407 g/mol. The van der Waals surface area contributed by atoms with Crippen LogP contribution in [0.4, 0.5) is 11.5 Å². The smallest absolute Gasteiger partial charge is 0.165 e. The predicted octanol–water partition coefficient (Wildman–Crippen LogP) is 5.52. The maximum atomic E-state index is 6.08. The molecule has 26 heavy (non-hydrogen) atoms. The van der Waals surface area contributed by atoms with E-state index in [9.17, 15) is 0 Å². The molecule has 0 spiro atoms. The highest BCUT2D eigenvalue weighted by Gasteiger charge is 2.17. The molecule has 0 saturated carbocycles. The van der Waals surface area contributed by atoms with Crippen LogP contribution in [0.15, 0.2) is 46.6 Å². The molecule has 2 heterocycles. The number of benzene rings is 1. The van der Waals surface area contributed by atoms with Gasteiger partial charge in [0.2, 0.25) is 0 Å². The number of hydrazone groups is 1. The highest BCUT2D eigenvalue weighted by molar-refractivity contribution is 8.15. The molecule has 0 saturated heterocycles. The van der Waals surface area contributed by atoms with Gasteiger partial charge in [-0.05, 0) is 37.1 Å². The first-order chi connectivity index (χ1) is 12.5. The van der Waals surface area contributed by atoms with Crippen LogP contribution >= 0.6 is 35.0 Å². The van der Waals surface area contributed by atoms with E-state index in [1.807, 2.05) is 31.2 Å². The summed E-state index contributed by atoms with van der Waals surface area (Å²) in [6, 6.07) is 9.68. The van der Waals surface area contributed by atoms with Crippen LogP contribution in [0.25, 0.3) is 0 Å². The van der Waals surface area contributed by atoms with E-state index in [1.54, 1.807) is 17.8 Å². The fourth-order valence-electron chi connectivity index (χ4n) is 2.31. The second-order valence-corrected chi connectivity index (χ2v) is 7.92. The van der Waals surface area contributed by atoms with Gasteiger partial charge >= 0.3 is 0 Å². The maximum Gasteiger partial charge on any atom is 0.165 e. The Kier molecular flexibility index (Phi) is 6.40. The summed E-state index contributed by atoms with van der Waals surface area (Å²) >= 11 is 13.7. The minimum absolute atomic E-state index is 0.425. The summed E-state index contributed by atoms with van der Waals surface area (Å²) in [7, 11) is 0. The number of pyridine rings is 1. The van der Waals surface area contributed by atoms with Gasteiger partial charge in [0.15, 0.2) is 11.0 Å². The maximum absolute atomic E-state index is 6.08.